The molecule has 2 aliphatic rings. The Morgan fingerprint density at radius 3 is 1.51 bits per heavy atom. The molecule has 2 aromatic heterocycles. The van der Waals surface area contributed by atoms with E-state index in [2.05, 4.69) is 90.2 Å². The molecule has 0 radical (unpaired) electrons. The van der Waals surface area contributed by atoms with Gasteiger partial charge in [-0.05, 0) is 130 Å². The van der Waals surface area contributed by atoms with Crippen molar-refractivity contribution in [2.24, 2.45) is 93.0 Å². The summed E-state index contributed by atoms with van der Waals surface area (Å²) in [5.41, 5.74) is 19.5. The number of unbranched alkanes of at least 4 members (excludes halogenated alkanes) is 1. The summed E-state index contributed by atoms with van der Waals surface area (Å²) in [4.78, 5) is 135. The normalized spacial score (nSPS) is 18.6. The van der Waals surface area contributed by atoms with Crippen LogP contribution in [0.5, 0.6) is 5.75 Å². The lowest BCUT2D eigenvalue weighted by atomic mass is 10.0. The Kier molecular flexibility index (Phi) is 46.2. The number of benzene rings is 3. The second kappa shape index (κ2) is 57.6. The van der Waals surface area contributed by atoms with Gasteiger partial charge in [0, 0.05) is 87.1 Å². The summed E-state index contributed by atoms with van der Waals surface area (Å²) in [6.45, 7) is -0.305. The number of nitrogens with two attached hydrogens (primary N) is 3. The summed E-state index contributed by atoms with van der Waals surface area (Å²) in [5.74, 6) is -20.5. The molecule has 5 aromatic rings. The fourth-order valence-corrected chi connectivity index (χ4v) is 15.4. The number of para-hydroxylation sites is 1. The molecule has 7 rings (SSSR count). The number of nitrogens with one attached hydrogen (secondary N) is 5. The number of aliphatic carboxylic acids is 3. The van der Waals surface area contributed by atoms with Crippen molar-refractivity contribution in [1.82, 2.24) is 30.1 Å². The van der Waals surface area contributed by atoms with Crippen LogP contribution in [-0.4, -0.2) is 411 Å². The first-order valence-electron chi connectivity index (χ1n) is 45.4. The SMILES string of the molecule is CSCCC(N=C(O)C(CO)N=C(O)C(Cc1ccc(O)cc1)N=C(O)C(CO)N=C(O)C1CCCN1C(=O)C(CC(=O)O)N=C(O)C(N)CC(=N)O)C(O)=NC(CCC(=O)O)C(O)=NC(Cc1cnc[nH]1)C(O)=NC(Cc1ccccc1)C(O)=NC(CCCNC(=N)N)C(O)=NC(Cc1c[nH]c2ccccc12)C(O)=NCC(O)=NC(CCCCN)C(=O)N1CCCC1C(O)=NC(C(O)=NCC(=O)O)C(C)C. The second-order valence-electron chi connectivity index (χ2n) is 33.5. The maximum Gasteiger partial charge on any atom is 0.325 e. The lowest BCUT2D eigenvalue weighted by Crippen LogP contribution is -2.47. The number of hydrogen-bond donors (Lipinski definition) is 29. The van der Waals surface area contributed by atoms with Crippen molar-refractivity contribution in [2.45, 2.75) is 220 Å². The van der Waals surface area contributed by atoms with Gasteiger partial charge in [0.15, 0.2) is 29.8 Å². The van der Waals surface area contributed by atoms with Crippen LogP contribution in [0.15, 0.2) is 167 Å². The standard InChI is InChI=1S/C90H127N25O26S/c1-47(2)74(87(139)100-43-73(125)126)113-86(138)68-21-13-31-114(68)88(140)59(18-9-10-29-91)102-70(120)42-99-76(128)62(36-50-40-98-55-17-8-7-16-53(50)55)108-77(129)56(19-11-30-97-90(94)95)103-80(132)60(34-48-14-5-4-6-15-48)106-82(134)63(37-51-41-96-46-101-51)109-78(130)57(26-27-71(121)122)104-79(131)58(28-33-142-3)105-83(135)65(44-116)111-81(133)61(35-49-22-24-52(118)25-23-49)107-84(136)66(45-117)112-85(137)67-20-12-32-115(67)89(141)64(39-72(123)124)110-75(127)54(92)38-69(93)119/h4-8,14-17,22-25,40-41,46-47,54,56-68,74,98,116-118H,9-13,18-21,26-39,42-45,91-92H2,1-3H3,(H2,93,119)(H,96,101)(H,99,128)(H,100,139)(H,102,120)(H,103,132)(H,104,131)(H,105,135)(H,106,134)(H,107,136)(H,108,129)(H,109,130)(H,110,127)(H,111,133)(H,112,137)(H,113,138)(H,121,122)(H,123,124)(H,125,126)(H4,94,95,97). The number of aliphatic hydroxyl groups is 17. The van der Waals surface area contributed by atoms with Gasteiger partial charge in [-0.3, -0.25) is 34.8 Å². The smallest absolute Gasteiger partial charge is 0.325 e. The molecule has 0 spiro atoms. The number of fused-ring (bicyclic) bond motifs is 1. The Balaban J connectivity index is 1.26. The number of phenols is 1. The molecular formula is C90H127N25O26S. The zero-order chi connectivity index (χ0) is 104. The monoisotopic (exact) mass is 2010 g/mol. The average Bonchev–Trinajstić information content (AvgIpc) is 1.67. The molecule has 52 heteroatoms. The van der Waals surface area contributed by atoms with Gasteiger partial charge in [0.25, 0.3) is 0 Å². The van der Waals surface area contributed by atoms with Gasteiger partial charge in [-0.1, -0.05) is 74.5 Å². The number of imidazole rings is 1. The number of aromatic nitrogens is 3. The number of guanidine groups is 1. The van der Waals surface area contributed by atoms with Crippen molar-refractivity contribution in [1.29, 1.82) is 10.8 Å². The van der Waals surface area contributed by atoms with Crippen LogP contribution in [0.3, 0.4) is 0 Å². The zero-order valence-corrected chi connectivity index (χ0v) is 79.1. The summed E-state index contributed by atoms with van der Waals surface area (Å²) in [5, 5.41) is 253. The van der Waals surface area contributed by atoms with Crippen LogP contribution in [0.4, 0.5) is 0 Å². The summed E-state index contributed by atoms with van der Waals surface area (Å²) < 4.78 is 0. The molecule has 15 atom stereocenters. The zero-order valence-electron chi connectivity index (χ0n) is 78.2. The lowest BCUT2D eigenvalue weighted by Gasteiger charge is -2.27. The lowest BCUT2D eigenvalue weighted by molar-refractivity contribution is -0.142. The number of aromatic amines is 2. The number of hydrogen-bond acceptors (Lipinski definition) is 28. The summed E-state index contributed by atoms with van der Waals surface area (Å²) in [6.07, 6.45) is 2.72. The first kappa shape index (κ1) is 114. The first-order chi connectivity index (χ1) is 67.6. The minimum absolute atomic E-state index is 0.0119. The van der Waals surface area contributed by atoms with E-state index >= 15 is 0 Å². The predicted molar refractivity (Wildman–Crippen MR) is 536 cm³/mol. The molecule has 2 amide bonds. The number of carbonyl (C=O) groups excluding carboxylic acids is 2. The van der Waals surface area contributed by atoms with Gasteiger partial charge in [-0.15, -0.1) is 0 Å². The van der Waals surface area contributed by atoms with Crippen LogP contribution in [-0.2, 0) is 49.7 Å². The molecule has 2 saturated heterocycles. The number of amides is 2. The quantitative estimate of drug-likeness (QED) is 0.0136. The number of carbonyl (C=O) groups is 5. The van der Waals surface area contributed by atoms with Crippen LogP contribution in [0.25, 0.3) is 10.9 Å². The molecule has 51 nitrogen and oxygen atoms in total. The van der Waals surface area contributed by atoms with Crippen molar-refractivity contribution >= 4 is 147 Å². The van der Waals surface area contributed by atoms with E-state index in [4.69, 9.17) is 28.0 Å². The van der Waals surface area contributed by atoms with Gasteiger partial charge >= 0.3 is 17.9 Å². The third-order valence-corrected chi connectivity index (χ3v) is 23.0. The fraction of sp³-hybridized carbons (Fsp3) is 0.511. The Morgan fingerprint density at radius 2 is 0.986 bits per heavy atom. The van der Waals surface area contributed by atoms with Gasteiger partial charge in [-0.2, -0.15) is 11.8 Å². The van der Waals surface area contributed by atoms with Crippen molar-refractivity contribution in [3.63, 3.8) is 0 Å². The Labute approximate surface area is 818 Å². The molecular weight excluding hydrogens is 1880 g/mol. The number of aromatic hydroxyl groups is 1. The third kappa shape index (κ3) is 36.7. The Morgan fingerprint density at radius 1 is 0.500 bits per heavy atom. The molecule has 774 valence electrons. The highest BCUT2D eigenvalue weighted by Gasteiger charge is 2.41. The highest BCUT2D eigenvalue weighted by Crippen LogP contribution is 2.28. The molecule has 2 aliphatic heterocycles. The minimum Gasteiger partial charge on any atom is -0.508 e. The van der Waals surface area contributed by atoms with E-state index in [9.17, 15) is 131 Å². The van der Waals surface area contributed by atoms with E-state index < -0.39 is 286 Å². The van der Waals surface area contributed by atoms with Crippen molar-refractivity contribution < 1.29 is 131 Å². The van der Waals surface area contributed by atoms with Gasteiger partial charge in [0.05, 0.1) is 32.0 Å². The molecule has 4 heterocycles. The highest BCUT2D eigenvalue weighted by atomic mass is 32.2. The number of aliphatic imine (C=N–C) groups is 14. The molecule has 142 heavy (non-hydrogen) atoms. The summed E-state index contributed by atoms with van der Waals surface area (Å²) >= 11 is 1.21. The predicted octanol–water partition coefficient (Wildman–Crippen LogP) is 5.13. The van der Waals surface area contributed by atoms with E-state index in [1.54, 1.807) is 80.9 Å². The van der Waals surface area contributed by atoms with E-state index in [0.717, 1.165) is 4.90 Å². The molecule has 15 unspecified atom stereocenters. The van der Waals surface area contributed by atoms with Crippen LogP contribution in [0.2, 0.25) is 0 Å². The van der Waals surface area contributed by atoms with Crippen LogP contribution < -0.4 is 22.5 Å². The van der Waals surface area contributed by atoms with Crippen molar-refractivity contribution in [2.75, 3.05) is 64.5 Å². The maximum absolute atomic E-state index is 14.6. The number of H-pyrrole nitrogens is 2. The van der Waals surface area contributed by atoms with Crippen molar-refractivity contribution in [3.8, 4) is 5.75 Å². The highest BCUT2D eigenvalue weighted by molar-refractivity contribution is 7.98. The maximum atomic E-state index is 14.6. The molecule has 0 saturated carbocycles. The number of rotatable bonds is 60. The largest absolute Gasteiger partial charge is 0.508 e. The third-order valence-electron chi connectivity index (χ3n) is 22.3. The Bertz CT molecular complexity index is 5470. The van der Waals surface area contributed by atoms with E-state index in [1.807, 2.05) is 0 Å². The molecule has 0 bridgehead atoms. The van der Waals surface area contributed by atoms with Crippen LogP contribution >= 0.6 is 11.8 Å². The molecule has 32 N–H and O–H groups in total. The number of carboxylic acids is 3. The molecule has 2 fully saturated rings. The minimum atomic E-state index is -1.96. The fourth-order valence-electron chi connectivity index (χ4n) is 15.0. The van der Waals surface area contributed by atoms with Gasteiger partial charge in [0.1, 0.15) is 91.3 Å². The number of likely N-dealkylation sites (tertiary alicyclic amines) is 2. The van der Waals surface area contributed by atoms with Gasteiger partial charge in [-0.25, -0.2) is 74.9 Å². The number of thioether (sulfide) groups is 1. The second-order valence-corrected chi connectivity index (χ2v) is 34.5. The Hall–Kier alpha value is -14.9. The van der Waals surface area contributed by atoms with Crippen LogP contribution in [0.1, 0.15) is 126 Å². The number of phenolic OH excluding ortho intramolecular Hbond substituents is 1. The van der Waals surface area contributed by atoms with Gasteiger partial charge < -0.3 is 150 Å². The summed E-state index contributed by atoms with van der Waals surface area (Å²) in [7, 11) is 0. The van der Waals surface area contributed by atoms with Crippen LogP contribution in [0, 0.1) is 16.7 Å². The number of carboxylic acid groups (broad SMARTS) is 3. The van der Waals surface area contributed by atoms with Gasteiger partial charge in [0.2, 0.25) is 88.5 Å². The first-order valence-corrected chi connectivity index (χ1v) is 46.8. The van der Waals surface area contributed by atoms with E-state index in [-0.39, 0.29) is 107 Å². The molecule has 0 aliphatic carbocycles. The van der Waals surface area contributed by atoms with E-state index in [0.29, 0.717) is 41.3 Å². The topological polar surface area (TPSA) is 872 Å². The number of nitrogens with zero attached hydrogens (tertiary/aromatic N) is 17. The molecule has 3 aromatic carbocycles. The number of aliphatic hydroxyl groups excluding tert-OH is 17. The van der Waals surface area contributed by atoms with E-state index in [1.165, 1.54) is 53.5 Å². The average molecular weight is 2010 g/mol. The summed E-state index contributed by atoms with van der Waals surface area (Å²) in [6, 6.07) is -3.24. The van der Waals surface area contributed by atoms with Crippen molar-refractivity contribution in [3.05, 3.63) is 120 Å².